The lowest BCUT2D eigenvalue weighted by atomic mass is 10.1. The number of rotatable bonds is 6. The fourth-order valence-electron chi connectivity index (χ4n) is 3.25. The molecule has 3 rings (SSSR count). The monoisotopic (exact) mass is 355 g/mol. The molecule has 0 unspecified atom stereocenters. The van der Waals surface area contributed by atoms with Gasteiger partial charge in [0.25, 0.3) is 0 Å². The summed E-state index contributed by atoms with van der Waals surface area (Å²) < 4.78 is 5.25. The molecule has 1 saturated heterocycles. The molecule has 1 heterocycles. The Labute approximate surface area is 155 Å². The van der Waals surface area contributed by atoms with Gasteiger partial charge < -0.3 is 15.4 Å². The third-order valence-corrected chi connectivity index (χ3v) is 4.80. The SMILES string of the molecule is COc1cccc(NC(=S)NC[C@@H](c2ccccc2)N2CCCC2)c1. The Hall–Kier alpha value is -2.11. The van der Waals surface area contributed by atoms with E-state index in [0.29, 0.717) is 11.2 Å². The second-order valence-electron chi connectivity index (χ2n) is 6.24. The third-order valence-electron chi connectivity index (χ3n) is 4.55. The molecule has 1 atom stereocenters. The first-order valence-corrected chi connectivity index (χ1v) is 9.15. The van der Waals surface area contributed by atoms with Crippen LogP contribution < -0.4 is 15.4 Å². The molecule has 25 heavy (non-hydrogen) atoms. The quantitative estimate of drug-likeness (QED) is 0.771. The first-order chi connectivity index (χ1) is 12.3. The molecule has 2 aromatic carbocycles. The van der Waals surface area contributed by atoms with Crippen LogP contribution in [0.15, 0.2) is 54.6 Å². The molecule has 0 saturated carbocycles. The highest BCUT2D eigenvalue weighted by Crippen LogP contribution is 2.24. The second-order valence-corrected chi connectivity index (χ2v) is 6.64. The summed E-state index contributed by atoms with van der Waals surface area (Å²) in [6.45, 7) is 3.09. The van der Waals surface area contributed by atoms with Crippen LogP contribution in [-0.4, -0.2) is 36.8 Å². The number of likely N-dealkylation sites (tertiary alicyclic amines) is 1. The van der Waals surface area contributed by atoms with Crippen LogP contribution in [0.4, 0.5) is 5.69 Å². The van der Waals surface area contributed by atoms with Gasteiger partial charge in [-0.25, -0.2) is 0 Å². The zero-order valence-electron chi connectivity index (χ0n) is 14.6. The van der Waals surface area contributed by atoms with Crippen LogP contribution >= 0.6 is 12.2 Å². The number of nitrogens with one attached hydrogen (secondary N) is 2. The molecule has 0 radical (unpaired) electrons. The van der Waals surface area contributed by atoms with E-state index in [0.717, 1.165) is 31.1 Å². The Morgan fingerprint density at radius 2 is 1.88 bits per heavy atom. The van der Waals surface area contributed by atoms with Crippen molar-refractivity contribution in [1.82, 2.24) is 10.2 Å². The van der Waals surface area contributed by atoms with Gasteiger partial charge in [0, 0.05) is 18.3 Å². The molecule has 1 aliphatic heterocycles. The summed E-state index contributed by atoms with van der Waals surface area (Å²) in [6, 6.07) is 18.8. The van der Waals surface area contributed by atoms with E-state index < -0.39 is 0 Å². The fraction of sp³-hybridized carbons (Fsp3) is 0.350. The van der Waals surface area contributed by atoms with Crippen molar-refractivity contribution in [3.63, 3.8) is 0 Å². The molecule has 2 aromatic rings. The summed E-state index contributed by atoms with van der Waals surface area (Å²) in [4.78, 5) is 2.54. The normalized spacial score (nSPS) is 15.6. The molecule has 0 spiro atoms. The maximum absolute atomic E-state index is 5.48. The smallest absolute Gasteiger partial charge is 0.170 e. The van der Waals surface area contributed by atoms with Gasteiger partial charge in [0.15, 0.2) is 5.11 Å². The van der Waals surface area contributed by atoms with Gasteiger partial charge >= 0.3 is 0 Å². The van der Waals surface area contributed by atoms with Crippen LogP contribution in [0.2, 0.25) is 0 Å². The summed E-state index contributed by atoms with van der Waals surface area (Å²) in [5.74, 6) is 0.812. The number of nitrogens with zero attached hydrogens (tertiary/aromatic N) is 1. The van der Waals surface area contributed by atoms with E-state index in [1.54, 1.807) is 7.11 Å². The summed E-state index contributed by atoms with van der Waals surface area (Å²) in [5, 5.41) is 7.25. The number of methoxy groups -OCH3 is 1. The number of hydrogen-bond acceptors (Lipinski definition) is 3. The molecule has 0 bridgehead atoms. The molecule has 1 fully saturated rings. The van der Waals surface area contributed by atoms with Crippen molar-refractivity contribution in [1.29, 1.82) is 0 Å². The minimum Gasteiger partial charge on any atom is -0.497 e. The predicted molar refractivity (Wildman–Crippen MR) is 107 cm³/mol. The molecule has 5 heteroatoms. The Morgan fingerprint density at radius 3 is 2.60 bits per heavy atom. The molecule has 1 aliphatic rings. The van der Waals surface area contributed by atoms with Crippen LogP contribution in [0.1, 0.15) is 24.4 Å². The zero-order valence-corrected chi connectivity index (χ0v) is 15.4. The van der Waals surface area contributed by atoms with Gasteiger partial charge in [0.1, 0.15) is 5.75 Å². The third kappa shape index (κ3) is 4.94. The lowest BCUT2D eigenvalue weighted by Gasteiger charge is -2.28. The molecule has 4 nitrogen and oxygen atoms in total. The lowest BCUT2D eigenvalue weighted by Crippen LogP contribution is -2.38. The highest BCUT2D eigenvalue weighted by atomic mass is 32.1. The molecular weight excluding hydrogens is 330 g/mol. The van der Waals surface area contributed by atoms with E-state index in [1.165, 1.54) is 18.4 Å². The van der Waals surface area contributed by atoms with E-state index >= 15 is 0 Å². The summed E-state index contributed by atoms with van der Waals surface area (Å²) in [7, 11) is 1.66. The van der Waals surface area contributed by atoms with Crippen molar-refractivity contribution >= 4 is 23.0 Å². The minimum atomic E-state index is 0.341. The zero-order chi connectivity index (χ0) is 17.5. The van der Waals surface area contributed by atoms with Crippen LogP contribution in [-0.2, 0) is 0 Å². The number of anilines is 1. The van der Waals surface area contributed by atoms with Gasteiger partial charge in [0.05, 0.1) is 13.2 Å². The van der Waals surface area contributed by atoms with Gasteiger partial charge in [-0.3, -0.25) is 4.90 Å². The van der Waals surface area contributed by atoms with Crippen molar-refractivity contribution in [2.45, 2.75) is 18.9 Å². The maximum Gasteiger partial charge on any atom is 0.170 e. The van der Waals surface area contributed by atoms with Crippen LogP contribution in [0.25, 0.3) is 0 Å². The Morgan fingerprint density at radius 1 is 1.12 bits per heavy atom. The van der Waals surface area contributed by atoms with Gasteiger partial charge in [-0.1, -0.05) is 36.4 Å². The first kappa shape index (κ1) is 17.7. The summed E-state index contributed by atoms with van der Waals surface area (Å²) >= 11 is 5.48. The number of hydrogen-bond donors (Lipinski definition) is 2. The van der Waals surface area contributed by atoms with E-state index in [-0.39, 0.29) is 0 Å². The van der Waals surface area contributed by atoms with Crippen molar-refractivity contribution < 1.29 is 4.74 Å². The molecule has 0 aliphatic carbocycles. The van der Waals surface area contributed by atoms with Gasteiger partial charge in [-0.2, -0.15) is 0 Å². The van der Waals surface area contributed by atoms with Crippen molar-refractivity contribution in [2.24, 2.45) is 0 Å². The second kappa shape index (κ2) is 8.83. The number of benzene rings is 2. The van der Waals surface area contributed by atoms with Gasteiger partial charge in [-0.05, 0) is 55.8 Å². The summed E-state index contributed by atoms with van der Waals surface area (Å²) in [6.07, 6.45) is 2.55. The lowest BCUT2D eigenvalue weighted by molar-refractivity contribution is 0.246. The van der Waals surface area contributed by atoms with Crippen molar-refractivity contribution in [2.75, 3.05) is 32.1 Å². The highest BCUT2D eigenvalue weighted by molar-refractivity contribution is 7.80. The highest BCUT2D eigenvalue weighted by Gasteiger charge is 2.23. The van der Waals surface area contributed by atoms with Crippen molar-refractivity contribution in [3.8, 4) is 5.75 Å². The first-order valence-electron chi connectivity index (χ1n) is 8.74. The topological polar surface area (TPSA) is 36.5 Å². The van der Waals surface area contributed by atoms with Crippen LogP contribution in [0.5, 0.6) is 5.75 Å². The maximum atomic E-state index is 5.48. The summed E-state index contributed by atoms with van der Waals surface area (Å²) in [5.41, 5.74) is 2.26. The Balaban J connectivity index is 1.61. The van der Waals surface area contributed by atoms with Crippen molar-refractivity contribution in [3.05, 3.63) is 60.2 Å². The van der Waals surface area contributed by atoms with Gasteiger partial charge in [-0.15, -0.1) is 0 Å². The fourth-order valence-corrected chi connectivity index (χ4v) is 3.45. The molecular formula is C20H25N3OS. The number of ether oxygens (including phenoxy) is 1. The van der Waals surface area contributed by atoms with Crippen LogP contribution in [0, 0.1) is 0 Å². The Kier molecular flexibility index (Phi) is 6.25. The molecule has 0 amide bonds. The largest absolute Gasteiger partial charge is 0.497 e. The number of thiocarbonyl (C=S) groups is 1. The molecule has 132 valence electrons. The minimum absolute atomic E-state index is 0.341. The van der Waals surface area contributed by atoms with E-state index in [4.69, 9.17) is 17.0 Å². The average Bonchev–Trinajstić information content (AvgIpc) is 3.17. The van der Waals surface area contributed by atoms with E-state index in [9.17, 15) is 0 Å². The van der Waals surface area contributed by atoms with Gasteiger partial charge in [0.2, 0.25) is 0 Å². The molecule has 0 aromatic heterocycles. The standard InChI is InChI=1S/C20H25N3OS/c1-24-18-11-7-10-17(14-18)22-20(25)21-15-19(23-12-5-6-13-23)16-8-3-2-4-9-16/h2-4,7-11,14,19H,5-6,12-13,15H2,1H3,(H2,21,22,25)/t19-/m0/s1. The predicted octanol–water partition coefficient (Wildman–Crippen LogP) is 3.82. The molecule has 2 N–H and O–H groups in total. The van der Waals surface area contributed by atoms with E-state index in [1.807, 2.05) is 24.3 Å². The van der Waals surface area contributed by atoms with Crippen LogP contribution in [0.3, 0.4) is 0 Å². The Bertz CT molecular complexity index is 686. The average molecular weight is 356 g/mol. The van der Waals surface area contributed by atoms with E-state index in [2.05, 4.69) is 45.9 Å².